The van der Waals surface area contributed by atoms with Crippen LogP contribution < -0.4 is 4.74 Å². The summed E-state index contributed by atoms with van der Waals surface area (Å²) in [6.45, 7) is 1.58. The van der Waals surface area contributed by atoms with Crippen molar-refractivity contribution < 1.29 is 18.8 Å². The molecule has 5 heteroatoms. The Labute approximate surface area is 135 Å². The SMILES string of the molecule is COc1cccc(Cc2cc(C(=O)CCC3CCOC3)no2)c1. The Morgan fingerprint density at radius 3 is 3.09 bits per heavy atom. The molecule has 0 saturated carbocycles. The van der Waals surface area contributed by atoms with Crippen molar-refractivity contribution >= 4 is 5.78 Å². The van der Waals surface area contributed by atoms with Crippen LogP contribution in [0.3, 0.4) is 0 Å². The van der Waals surface area contributed by atoms with Gasteiger partial charge in [-0.05, 0) is 36.5 Å². The van der Waals surface area contributed by atoms with Crippen LogP contribution in [-0.2, 0) is 11.2 Å². The van der Waals surface area contributed by atoms with Crippen molar-refractivity contribution in [2.45, 2.75) is 25.7 Å². The van der Waals surface area contributed by atoms with Gasteiger partial charge >= 0.3 is 0 Å². The Kier molecular flexibility index (Phi) is 5.08. The van der Waals surface area contributed by atoms with Crippen LogP contribution in [0.5, 0.6) is 5.75 Å². The maximum absolute atomic E-state index is 12.2. The van der Waals surface area contributed by atoms with Gasteiger partial charge in [-0.2, -0.15) is 0 Å². The van der Waals surface area contributed by atoms with E-state index in [1.54, 1.807) is 13.2 Å². The lowest BCUT2D eigenvalue weighted by Gasteiger charge is -2.04. The molecule has 1 unspecified atom stereocenters. The molecule has 0 spiro atoms. The second-order valence-electron chi connectivity index (χ2n) is 5.90. The topological polar surface area (TPSA) is 61.6 Å². The number of hydrogen-bond donors (Lipinski definition) is 0. The monoisotopic (exact) mass is 315 g/mol. The van der Waals surface area contributed by atoms with E-state index in [2.05, 4.69) is 5.16 Å². The molecule has 0 bridgehead atoms. The molecule has 2 aromatic rings. The summed E-state index contributed by atoms with van der Waals surface area (Å²) in [5.74, 6) is 2.03. The standard InChI is InChI=1S/C18H21NO4/c1-21-15-4-2-3-14(9-15)10-16-11-17(19-23-16)18(20)6-5-13-7-8-22-12-13/h2-4,9,11,13H,5-8,10,12H2,1H3. The van der Waals surface area contributed by atoms with Gasteiger partial charge in [0, 0.05) is 32.1 Å². The van der Waals surface area contributed by atoms with E-state index in [4.69, 9.17) is 14.0 Å². The Bertz CT molecular complexity index is 659. The molecular weight excluding hydrogens is 294 g/mol. The number of ether oxygens (including phenoxy) is 2. The highest BCUT2D eigenvalue weighted by molar-refractivity contribution is 5.94. The number of benzene rings is 1. The zero-order valence-electron chi connectivity index (χ0n) is 13.3. The first kappa shape index (κ1) is 15.7. The molecule has 0 amide bonds. The fraction of sp³-hybridized carbons (Fsp3) is 0.444. The van der Waals surface area contributed by atoms with Crippen LogP contribution in [0, 0.1) is 5.92 Å². The van der Waals surface area contributed by atoms with Crippen molar-refractivity contribution in [3.8, 4) is 5.75 Å². The Balaban J connectivity index is 1.57. The quantitative estimate of drug-likeness (QED) is 0.734. The minimum atomic E-state index is 0.0394. The van der Waals surface area contributed by atoms with Gasteiger partial charge in [-0.1, -0.05) is 17.3 Å². The van der Waals surface area contributed by atoms with Crippen LogP contribution >= 0.6 is 0 Å². The van der Waals surface area contributed by atoms with E-state index in [0.29, 0.717) is 30.2 Å². The van der Waals surface area contributed by atoms with Crippen molar-refractivity contribution in [2.75, 3.05) is 20.3 Å². The lowest BCUT2D eigenvalue weighted by Crippen LogP contribution is -2.05. The third-order valence-electron chi connectivity index (χ3n) is 4.16. The van der Waals surface area contributed by atoms with Gasteiger partial charge in [-0.15, -0.1) is 0 Å². The van der Waals surface area contributed by atoms with E-state index in [9.17, 15) is 4.79 Å². The highest BCUT2D eigenvalue weighted by atomic mass is 16.5. The van der Waals surface area contributed by atoms with E-state index in [1.165, 1.54) is 0 Å². The highest BCUT2D eigenvalue weighted by Crippen LogP contribution is 2.20. The third kappa shape index (κ3) is 4.20. The lowest BCUT2D eigenvalue weighted by molar-refractivity contribution is 0.0962. The Morgan fingerprint density at radius 1 is 1.39 bits per heavy atom. The van der Waals surface area contributed by atoms with Gasteiger partial charge in [0.25, 0.3) is 0 Å². The summed E-state index contributed by atoms with van der Waals surface area (Å²) < 4.78 is 15.8. The largest absolute Gasteiger partial charge is 0.497 e. The van der Waals surface area contributed by atoms with Crippen LogP contribution in [0.15, 0.2) is 34.9 Å². The third-order valence-corrected chi connectivity index (χ3v) is 4.16. The number of carbonyl (C=O) groups excluding carboxylic acids is 1. The molecule has 0 radical (unpaired) electrons. The minimum Gasteiger partial charge on any atom is -0.497 e. The van der Waals surface area contributed by atoms with Gasteiger partial charge in [-0.25, -0.2) is 0 Å². The first-order valence-electron chi connectivity index (χ1n) is 7.94. The molecule has 5 nitrogen and oxygen atoms in total. The molecule has 1 aromatic heterocycles. The second kappa shape index (κ2) is 7.42. The van der Waals surface area contributed by atoms with Gasteiger partial charge < -0.3 is 14.0 Å². The predicted molar refractivity (Wildman–Crippen MR) is 84.8 cm³/mol. The fourth-order valence-corrected chi connectivity index (χ4v) is 2.79. The van der Waals surface area contributed by atoms with Gasteiger partial charge in [0.15, 0.2) is 5.78 Å². The van der Waals surface area contributed by atoms with Crippen molar-refractivity contribution in [3.63, 3.8) is 0 Å². The van der Waals surface area contributed by atoms with Crippen LogP contribution in [0.25, 0.3) is 0 Å². The summed E-state index contributed by atoms with van der Waals surface area (Å²) in [6, 6.07) is 9.51. The van der Waals surface area contributed by atoms with E-state index in [1.807, 2.05) is 24.3 Å². The number of ketones is 1. The summed E-state index contributed by atoms with van der Waals surface area (Å²) in [5, 5.41) is 3.91. The van der Waals surface area contributed by atoms with Crippen LogP contribution in [-0.4, -0.2) is 31.3 Å². The first-order valence-corrected chi connectivity index (χ1v) is 7.94. The summed E-state index contributed by atoms with van der Waals surface area (Å²) >= 11 is 0. The zero-order valence-corrected chi connectivity index (χ0v) is 13.3. The summed E-state index contributed by atoms with van der Waals surface area (Å²) in [7, 11) is 1.64. The number of methoxy groups -OCH3 is 1. The van der Waals surface area contributed by atoms with E-state index < -0.39 is 0 Å². The molecule has 1 aliphatic rings. The molecule has 1 aromatic carbocycles. The molecule has 122 valence electrons. The smallest absolute Gasteiger partial charge is 0.184 e. The maximum atomic E-state index is 12.2. The molecule has 3 rings (SSSR count). The minimum absolute atomic E-state index is 0.0394. The van der Waals surface area contributed by atoms with E-state index in [-0.39, 0.29) is 5.78 Å². The average Bonchev–Trinajstić information content (AvgIpc) is 3.24. The second-order valence-corrected chi connectivity index (χ2v) is 5.90. The normalized spacial score (nSPS) is 17.3. The number of aromatic nitrogens is 1. The first-order chi connectivity index (χ1) is 11.2. The number of nitrogens with zero attached hydrogens (tertiary/aromatic N) is 1. The van der Waals surface area contributed by atoms with Crippen molar-refractivity contribution in [2.24, 2.45) is 5.92 Å². The predicted octanol–water partition coefficient (Wildman–Crippen LogP) is 3.27. The number of rotatable bonds is 7. The number of carbonyl (C=O) groups is 1. The molecule has 1 saturated heterocycles. The van der Waals surface area contributed by atoms with Gasteiger partial charge in [0.1, 0.15) is 17.2 Å². The van der Waals surface area contributed by atoms with Crippen molar-refractivity contribution in [1.29, 1.82) is 0 Å². The Morgan fingerprint density at radius 2 is 2.30 bits per heavy atom. The van der Waals surface area contributed by atoms with E-state index in [0.717, 1.165) is 37.4 Å². The van der Waals surface area contributed by atoms with Gasteiger partial charge in [0.2, 0.25) is 0 Å². The van der Waals surface area contributed by atoms with Gasteiger partial charge in [-0.3, -0.25) is 4.79 Å². The molecule has 2 heterocycles. The van der Waals surface area contributed by atoms with E-state index >= 15 is 0 Å². The lowest BCUT2D eigenvalue weighted by atomic mass is 10.00. The fourth-order valence-electron chi connectivity index (χ4n) is 2.79. The maximum Gasteiger partial charge on any atom is 0.184 e. The van der Waals surface area contributed by atoms with Crippen LogP contribution in [0.4, 0.5) is 0 Å². The zero-order chi connectivity index (χ0) is 16.1. The van der Waals surface area contributed by atoms with Crippen molar-refractivity contribution in [3.05, 3.63) is 47.3 Å². The molecule has 1 aliphatic heterocycles. The van der Waals surface area contributed by atoms with Gasteiger partial charge in [0.05, 0.1) is 7.11 Å². The summed E-state index contributed by atoms with van der Waals surface area (Å²) in [4.78, 5) is 12.2. The summed E-state index contributed by atoms with van der Waals surface area (Å²) in [6.07, 6.45) is 3.00. The molecule has 1 atom stereocenters. The molecule has 0 N–H and O–H groups in total. The molecule has 0 aliphatic carbocycles. The average molecular weight is 315 g/mol. The number of Topliss-reactive ketones (excluding diaryl/α,β-unsaturated/α-hetero) is 1. The van der Waals surface area contributed by atoms with Crippen LogP contribution in [0.1, 0.15) is 41.1 Å². The number of hydrogen-bond acceptors (Lipinski definition) is 5. The van der Waals surface area contributed by atoms with Crippen LogP contribution in [0.2, 0.25) is 0 Å². The van der Waals surface area contributed by atoms with Crippen molar-refractivity contribution in [1.82, 2.24) is 5.16 Å². The Hall–Kier alpha value is -2.14. The summed E-state index contributed by atoms with van der Waals surface area (Å²) in [5.41, 5.74) is 1.48. The molecule has 23 heavy (non-hydrogen) atoms. The molecular formula is C18H21NO4. The highest BCUT2D eigenvalue weighted by Gasteiger charge is 2.19. The molecule has 1 fully saturated rings.